The molecule has 0 atom stereocenters. The van der Waals surface area contributed by atoms with Gasteiger partial charge in [-0.3, -0.25) is 10.1 Å². The predicted octanol–water partition coefficient (Wildman–Crippen LogP) is 2.29. The van der Waals surface area contributed by atoms with Crippen molar-refractivity contribution < 1.29 is 0 Å². The van der Waals surface area contributed by atoms with Crippen molar-refractivity contribution in [2.75, 3.05) is 6.26 Å². The summed E-state index contributed by atoms with van der Waals surface area (Å²) in [6, 6.07) is 2.05. The Bertz CT molecular complexity index is 504. The molecule has 0 amide bonds. The van der Waals surface area contributed by atoms with E-state index < -0.39 is 0 Å². The third-order valence-corrected chi connectivity index (χ3v) is 3.58. The third-order valence-electron chi connectivity index (χ3n) is 2.84. The number of aromatic nitrogens is 3. The van der Waals surface area contributed by atoms with Gasteiger partial charge < -0.3 is 0 Å². The summed E-state index contributed by atoms with van der Waals surface area (Å²) >= 11 is 1.73. The SMILES string of the molecule is CSc1[nH]nc2c1CCc1cnccc1-2. The fourth-order valence-corrected chi connectivity index (χ4v) is 2.67. The van der Waals surface area contributed by atoms with Gasteiger partial charge in [0, 0.05) is 23.5 Å². The monoisotopic (exact) mass is 217 g/mol. The molecule has 2 heterocycles. The van der Waals surface area contributed by atoms with Gasteiger partial charge in [0.05, 0.1) is 10.7 Å². The number of hydrogen-bond donors (Lipinski definition) is 1. The first-order valence-electron chi connectivity index (χ1n) is 4.94. The number of rotatable bonds is 1. The van der Waals surface area contributed by atoms with Gasteiger partial charge in [-0.1, -0.05) is 0 Å². The lowest BCUT2D eigenvalue weighted by Crippen LogP contribution is -2.03. The summed E-state index contributed by atoms with van der Waals surface area (Å²) in [7, 11) is 0. The molecule has 2 aromatic heterocycles. The molecule has 0 aromatic carbocycles. The lowest BCUT2D eigenvalue weighted by molar-refractivity contribution is 0.907. The van der Waals surface area contributed by atoms with E-state index >= 15 is 0 Å². The van der Waals surface area contributed by atoms with Crippen LogP contribution in [0.4, 0.5) is 0 Å². The quantitative estimate of drug-likeness (QED) is 0.745. The maximum absolute atomic E-state index is 4.40. The van der Waals surface area contributed by atoms with Crippen LogP contribution in [0.5, 0.6) is 0 Å². The van der Waals surface area contributed by atoms with Gasteiger partial charge in [0.1, 0.15) is 0 Å². The van der Waals surface area contributed by atoms with Gasteiger partial charge in [-0.2, -0.15) is 5.10 Å². The Balaban J connectivity index is 2.22. The summed E-state index contributed by atoms with van der Waals surface area (Å²) in [6.45, 7) is 0. The summed E-state index contributed by atoms with van der Waals surface area (Å²) < 4.78 is 0. The van der Waals surface area contributed by atoms with Gasteiger partial charge >= 0.3 is 0 Å². The molecule has 0 unspecified atom stereocenters. The van der Waals surface area contributed by atoms with Gasteiger partial charge in [0.2, 0.25) is 0 Å². The molecule has 0 aliphatic heterocycles. The molecule has 1 aliphatic rings. The van der Waals surface area contributed by atoms with Crippen LogP contribution in [0.3, 0.4) is 0 Å². The molecule has 0 spiro atoms. The van der Waals surface area contributed by atoms with Crippen molar-refractivity contribution in [1.29, 1.82) is 0 Å². The fourth-order valence-electron chi connectivity index (χ4n) is 2.09. The van der Waals surface area contributed by atoms with E-state index in [0.717, 1.165) is 18.5 Å². The first-order valence-corrected chi connectivity index (χ1v) is 6.17. The zero-order chi connectivity index (χ0) is 10.3. The molecule has 0 fully saturated rings. The highest BCUT2D eigenvalue weighted by Crippen LogP contribution is 2.35. The van der Waals surface area contributed by atoms with Crippen LogP contribution in [-0.4, -0.2) is 21.4 Å². The second-order valence-corrected chi connectivity index (χ2v) is 4.43. The minimum absolute atomic E-state index is 1.07. The molecule has 0 radical (unpaired) electrons. The number of hydrogen-bond acceptors (Lipinski definition) is 3. The number of fused-ring (bicyclic) bond motifs is 3. The molecular formula is C11H11N3S. The highest BCUT2D eigenvalue weighted by molar-refractivity contribution is 7.98. The van der Waals surface area contributed by atoms with E-state index in [1.54, 1.807) is 11.8 Å². The molecule has 15 heavy (non-hydrogen) atoms. The van der Waals surface area contributed by atoms with Crippen LogP contribution >= 0.6 is 11.8 Å². The molecule has 4 heteroatoms. The number of thioether (sulfide) groups is 1. The van der Waals surface area contributed by atoms with Crippen molar-refractivity contribution in [2.24, 2.45) is 0 Å². The van der Waals surface area contributed by atoms with Crippen molar-refractivity contribution in [3.63, 3.8) is 0 Å². The van der Waals surface area contributed by atoms with Gasteiger partial charge in [-0.05, 0) is 30.7 Å². The topological polar surface area (TPSA) is 41.6 Å². The van der Waals surface area contributed by atoms with Crippen LogP contribution < -0.4 is 0 Å². The minimum atomic E-state index is 1.07. The normalized spacial score (nSPS) is 13.4. The van der Waals surface area contributed by atoms with E-state index in [-0.39, 0.29) is 0 Å². The largest absolute Gasteiger partial charge is 0.271 e. The molecular weight excluding hydrogens is 206 g/mol. The number of nitrogens with one attached hydrogen (secondary N) is 1. The number of aryl methyl sites for hydroxylation is 1. The summed E-state index contributed by atoms with van der Waals surface area (Å²) in [5.41, 5.74) is 5.02. The van der Waals surface area contributed by atoms with Gasteiger partial charge in [-0.25, -0.2) is 0 Å². The molecule has 3 rings (SSSR count). The summed E-state index contributed by atoms with van der Waals surface area (Å²) in [6.07, 6.45) is 8.01. The lowest BCUT2D eigenvalue weighted by atomic mass is 9.92. The Hall–Kier alpha value is -1.29. The minimum Gasteiger partial charge on any atom is -0.271 e. The summed E-state index contributed by atoms with van der Waals surface area (Å²) in [5.74, 6) is 0. The van der Waals surface area contributed by atoms with Crippen LogP contribution in [-0.2, 0) is 12.8 Å². The Labute approximate surface area is 92.3 Å². The second kappa shape index (κ2) is 3.38. The van der Waals surface area contributed by atoms with Crippen molar-refractivity contribution in [1.82, 2.24) is 15.2 Å². The zero-order valence-electron chi connectivity index (χ0n) is 8.45. The van der Waals surface area contributed by atoms with Crippen molar-refractivity contribution in [3.05, 3.63) is 29.6 Å². The molecule has 0 bridgehead atoms. The van der Waals surface area contributed by atoms with Crippen LogP contribution in [0.15, 0.2) is 23.5 Å². The fraction of sp³-hybridized carbons (Fsp3) is 0.273. The zero-order valence-corrected chi connectivity index (χ0v) is 9.27. The predicted molar refractivity (Wildman–Crippen MR) is 61.0 cm³/mol. The van der Waals surface area contributed by atoms with Crippen molar-refractivity contribution in [2.45, 2.75) is 17.9 Å². The average molecular weight is 217 g/mol. The number of nitrogens with zero attached hydrogens (tertiary/aromatic N) is 2. The smallest absolute Gasteiger partial charge is 0.0968 e. The molecule has 3 nitrogen and oxygen atoms in total. The molecule has 0 saturated heterocycles. The summed E-state index contributed by atoms with van der Waals surface area (Å²) in [4.78, 5) is 4.15. The van der Waals surface area contributed by atoms with E-state index in [2.05, 4.69) is 27.5 Å². The second-order valence-electron chi connectivity index (χ2n) is 3.62. The van der Waals surface area contributed by atoms with Crippen LogP contribution in [0, 0.1) is 0 Å². The third kappa shape index (κ3) is 1.28. The van der Waals surface area contributed by atoms with E-state index in [9.17, 15) is 0 Å². The van der Waals surface area contributed by atoms with Gasteiger partial charge in [0.25, 0.3) is 0 Å². The van der Waals surface area contributed by atoms with E-state index in [1.807, 2.05) is 12.4 Å². The maximum Gasteiger partial charge on any atom is 0.0968 e. The summed E-state index contributed by atoms with van der Waals surface area (Å²) in [5, 5.41) is 8.70. The Morgan fingerprint density at radius 2 is 2.33 bits per heavy atom. The Morgan fingerprint density at radius 3 is 3.20 bits per heavy atom. The van der Waals surface area contributed by atoms with Crippen molar-refractivity contribution in [3.8, 4) is 11.3 Å². The standard InChI is InChI=1S/C11H11N3S/c1-15-11-9-3-2-7-6-12-5-4-8(7)10(9)13-14-11/h4-6H,2-3H2,1H3,(H,13,14). The maximum atomic E-state index is 4.40. The van der Waals surface area contributed by atoms with Crippen molar-refractivity contribution >= 4 is 11.8 Å². The van der Waals surface area contributed by atoms with Gasteiger partial charge in [-0.15, -0.1) is 11.8 Å². The highest BCUT2D eigenvalue weighted by atomic mass is 32.2. The van der Waals surface area contributed by atoms with E-state index in [4.69, 9.17) is 0 Å². The number of pyridine rings is 1. The molecule has 1 N–H and O–H groups in total. The Kier molecular flexibility index (Phi) is 2.02. The van der Waals surface area contributed by atoms with Crippen LogP contribution in [0.1, 0.15) is 11.1 Å². The Morgan fingerprint density at radius 1 is 1.40 bits per heavy atom. The van der Waals surface area contributed by atoms with Crippen LogP contribution in [0.25, 0.3) is 11.3 Å². The number of H-pyrrole nitrogens is 1. The first-order chi connectivity index (χ1) is 7.40. The number of aromatic amines is 1. The highest BCUT2D eigenvalue weighted by Gasteiger charge is 2.21. The molecule has 0 saturated carbocycles. The van der Waals surface area contributed by atoms with Crippen LogP contribution in [0.2, 0.25) is 0 Å². The molecule has 1 aliphatic carbocycles. The lowest BCUT2D eigenvalue weighted by Gasteiger charge is -2.14. The average Bonchev–Trinajstić information content (AvgIpc) is 2.72. The van der Waals surface area contributed by atoms with Gasteiger partial charge in [0.15, 0.2) is 0 Å². The molecule has 2 aromatic rings. The first kappa shape index (κ1) is 8.97. The van der Waals surface area contributed by atoms with E-state index in [1.165, 1.54) is 21.7 Å². The van der Waals surface area contributed by atoms with E-state index in [0.29, 0.717) is 0 Å². The molecule has 76 valence electrons.